The highest BCUT2D eigenvalue weighted by Gasteiger charge is 2.35. The third-order valence-corrected chi connectivity index (χ3v) is 14.9. The van der Waals surface area contributed by atoms with E-state index < -0.39 is 0 Å². The molecule has 0 N–H and O–H groups in total. The molecule has 2 heterocycles. The van der Waals surface area contributed by atoms with Gasteiger partial charge in [-0.3, -0.25) is 0 Å². The third-order valence-electron chi connectivity index (χ3n) is 13.7. The van der Waals surface area contributed by atoms with Crippen molar-refractivity contribution in [3.8, 4) is 44.5 Å². The third kappa shape index (κ3) is 5.64. The fourth-order valence-electron chi connectivity index (χ4n) is 10.5. The Labute approximate surface area is 375 Å². The van der Waals surface area contributed by atoms with Crippen LogP contribution in [-0.2, 0) is 5.41 Å². The van der Waals surface area contributed by atoms with Crippen molar-refractivity contribution in [1.29, 1.82) is 0 Å². The van der Waals surface area contributed by atoms with Gasteiger partial charge in [-0.15, -0.1) is 11.3 Å². The maximum Gasteiger partial charge on any atom is 0.143 e. The highest BCUT2D eigenvalue weighted by atomic mass is 32.1. The fourth-order valence-corrected chi connectivity index (χ4v) is 11.7. The summed E-state index contributed by atoms with van der Waals surface area (Å²) in [5.41, 5.74) is 17.3. The van der Waals surface area contributed by atoms with E-state index in [4.69, 9.17) is 4.42 Å². The van der Waals surface area contributed by atoms with Gasteiger partial charge in [0.2, 0.25) is 0 Å². The van der Waals surface area contributed by atoms with Crippen molar-refractivity contribution >= 4 is 81.3 Å². The maximum atomic E-state index is 7.07. The fraction of sp³-hybridized carbons (Fsp3) is 0.0492. The standard InChI is InChI=1S/C61H41NOS/c1-61(2)53-21-10-8-17-48(53)49-33-28-42(35-54(49)61)43-36-55(58-52-34-27-40-15-6-7-16-46(40)59(52)63-56(58)37-43)62(44-29-23-39(24-30-44)38-13-4-3-5-14-38)45-31-25-41(26-32-45)47-19-12-20-51-50-18-9-11-22-57(50)64-60(47)51/h3-37H,1-2H3. The van der Waals surface area contributed by atoms with Crippen LogP contribution >= 0.6 is 11.3 Å². The Morgan fingerprint density at radius 2 is 1.06 bits per heavy atom. The Morgan fingerprint density at radius 3 is 1.89 bits per heavy atom. The largest absolute Gasteiger partial charge is 0.455 e. The molecule has 0 bridgehead atoms. The zero-order valence-corrected chi connectivity index (χ0v) is 36.3. The first kappa shape index (κ1) is 36.9. The van der Waals surface area contributed by atoms with Gasteiger partial charge in [0.1, 0.15) is 11.2 Å². The zero-order chi connectivity index (χ0) is 42.5. The first-order valence-corrected chi connectivity index (χ1v) is 22.9. The minimum Gasteiger partial charge on any atom is -0.455 e. The molecule has 1 aliphatic rings. The van der Waals surface area contributed by atoms with Gasteiger partial charge in [-0.1, -0.05) is 172 Å². The Bertz CT molecular complexity index is 3800. The Hall–Kier alpha value is -7.72. The second-order valence-electron chi connectivity index (χ2n) is 17.6. The molecule has 3 heteroatoms. The number of furan rings is 1. The summed E-state index contributed by atoms with van der Waals surface area (Å²) < 4.78 is 9.70. The molecule has 0 unspecified atom stereocenters. The summed E-state index contributed by atoms with van der Waals surface area (Å²) in [5, 5.41) is 7.07. The van der Waals surface area contributed by atoms with Crippen LogP contribution in [0.5, 0.6) is 0 Å². The SMILES string of the molecule is CC1(C)c2ccccc2-c2ccc(-c3cc(N(c4ccc(-c5ccccc5)cc4)c4ccc(-c5cccc6c5sc5ccccc56)cc4)c4c(c3)oc3c5ccccc5ccc34)cc21. The van der Waals surface area contributed by atoms with Crippen LogP contribution in [0.4, 0.5) is 17.1 Å². The van der Waals surface area contributed by atoms with Gasteiger partial charge < -0.3 is 9.32 Å². The molecular formula is C61H41NOS. The van der Waals surface area contributed by atoms with Crippen molar-refractivity contribution in [2.24, 2.45) is 0 Å². The van der Waals surface area contributed by atoms with Crippen LogP contribution < -0.4 is 4.90 Å². The number of fused-ring (bicyclic) bond motifs is 11. The summed E-state index contributed by atoms with van der Waals surface area (Å²) in [5.74, 6) is 0. The van der Waals surface area contributed by atoms with Crippen molar-refractivity contribution in [3.05, 3.63) is 223 Å². The molecule has 0 fully saturated rings. The number of thiophene rings is 1. The highest BCUT2D eigenvalue weighted by Crippen LogP contribution is 2.51. The van der Waals surface area contributed by atoms with Crippen LogP contribution in [0.1, 0.15) is 25.0 Å². The summed E-state index contributed by atoms with van der Waals surface area (Å²) >= 11 is 1.87. The molecule has 1 aliphatic carbocycles. The number of nitrogens with zero attached hydrogens (tertiary/aromatic N) is 1. The Balaban J connectivity index is 1.04. The topological polar surface area (TPSA) is 16.4 Å². The average molecular weight is 836 g/mol. The van der Waals surface area contributed by atoms with Gasteiger partial charge >= 0.3 is 0 Å². The van der Waals surface area contributed by atoms with Crippen molar-refractivity contribution in [1.82, 2.24) is 0 Å². The Kier molecular flexibility index (Phi) is 8.16. The lowest BCUT2D eigenvalue weighted by molar-refractivity contribution is 0.660. The summed E-state index contributed by atoms with van der Waals surface area (Å²) in [7, 11) is 0. The van der Waals surface area contributed by atoms with E-state index in [1.54, 1.807) is 0 Å². The molecular weight excluding hydrogens is 795 g/mol. The van der Waals surface area contributed by atoms with Gasteiger partial charge in [0.25, 0.3) is 0 Å². The lowest BCUT2D eigenvalue weighted by atomic mass is 9.81. The van der Waals surface area contributed by atoms with Crippen LogP contribution in [0.15, 0.2) is 217 Å². The number of benzene rings is 10. The van der Waals surface area contributed by atoms with E-state index >= 15 is 0 Å². The second kappa shape index (κ2) is 14.2. The van der Waals surface area contributed by atoms with Crippen molar-refractivity contribution in [2.75, 3.05) is 4.90 Å². The van der Waals surface area contributed by atoms with Crippen LogP contribution in [0.3, 0.4) is 0 Å². The van der Waals surface area contributed by atoms with Crippen LogP contribution in [0.2, 0.25) is 0 Å². The summed E-state index contributed by atoms with van der Waals surface area (Å²) in [4.78, 5) is 2.43. The molecule has 2 aromatic heterocycles. The van der Waals surface area contributed by atoms with E-state index in [0.29, 0.717) is 0 Å². The smallest absolute Gasteiger partial charge is 0.143 e. The molecule has 0 aliphatic heterocycles. The van der Waals surface area contributed by atoms with Crippen LogP contribution in [-0.4, -0.2) is 0 Å². The minimum absolute atomic E-state index is 0.123. The van der Waals surface area contributed by atoms with E-state index in [9.17, 15) is 0 Å². The van der Waals surface area contributed by atoms with Gasteiger partial charge in [0, 0.05) is 47.7 Å². The quantitative estimate of drug-likeness (QED) is 0.166. The van der Waals surface area contributed by atoms with Crippen molar-refractivity contribution in [3.63, 3.8) is 0 Å². The van der Waals surface area contributed by atoms with Crippen molar-refractivity contribution < 1.29 is 4.42 Å². The zero-order valence-electron chi connectivity index (χ0n) is 35.5. The molecule has 0 atom stereocenters. The number of rotatable bonds is 6. The van der Waals surface area contributed by atoms with Gasteiger partial charge in [0.05, 0.1) is 11.1 Å². The lowest BCUT2D eigenvalue weighted by Crippen LogP contribution is -2.14. The first-order chi connectivity index (χ1) is 31.5. The molecule has 302 valence electrons. The summed E-state index contributed by atoms with van der Waals surface area (Å²) in [6.45, 7) is 4.71. The summed E-state index contributed by atoms with van der Waals surface area (Å²) in [6.07, 6.45) is 0. The van der Waals surface area contributed by atoms with E-state index in [1.165, 1.54) is 70.2 Å². The van der Waals surface area contributed by atoms with Crippen LogP contribution in [0.25, 0.3) is 97.4 Å². The molecule has 64 heavy (non-hydrogen) atoms. The van der Waals surface area contributed by atoms with E-state index in [-0.39, 0.29) is 5.41 Å². The number of hydrogen-bond acceptors (Lipinski definition) is 3. The molecule has 0 amide bonds. The predicted octanol–water partition coefficient (Wildman–Crippen LogP) is 17.9. The highest BCUT2D eigenvalue weighted by molar-refractivity contribution is 7.26. The van der Waals surface area contributed by atoms with Gasteiger partial charge in [0.15, 0.2) is 0 Å². The Morgan fingerprint density at radius 1 is 0.422 bits per heavy atom. The minimum atomic E-state index is -0.123. The summed E-state index contributed by atoms with van der Waals surface area (Å²) in [6, 6.07) is 77.8. The molecule has 13 rings (SSSR count). The van der Waals surface area contributed by atoms with Gasteiger partial charge in [-0.2, -0.15) is 0 Å². The van der Waals surface area contributed by atoms with Gasteiger partial charge in [-0.25, -0.2) is 0 Å². The lowest BCUT2D eigenvalue weighted by Gasteiger charge is -2.27. The average Bonchev–Trinajstić information content (AvgIpc) is 4.00. The molecule has 2 nitrogen and oxygen atoms in total. The second-order valence-corrected chi connectivity index (χ2v) is 18.7. The first-order valence-electron chi connectivity index (χ1n) is 22.1. The van der Waals surface area contributed by atoms with Crippen molar-refractivity contribution in [2.45, 2.75) is 19.3 Å². The predicted molar refractivity (Wildman–Crippen MR) is 273 cm³/mol. The van der Waals surface area contributed by atoms with Gasteiger partial charge in [-0.05, 0) is 116 Å². The molecule has 0 saturated heterocycles. The molecule has 10 aromatic carbocycles. The number of hydrogen-bond donors (Lipinski definition) is 0. The normalized spacial score (nSPS) is 13.0. The van der Waals surface area contributed by atoms with E-state index in [1.807, 2.05) is 11.3 Å². The molecule has 0 radical (unpaired) electrons. The number of anilines is 3. The van der Waals surface area contributed by atoms with E-state index in [2.05, 4.69) is 231 Å². The molecule has 0 spiro atoms. The monoisotopic (exact) mass is 835 g/mol. The maximum absolute atomic E-state index is 7.07. The van der Waals surface area contributed by atoms with Crippen LogP contribution in [0, 0.1) is 0 Å². The molecule has 0 saturated carbocycles. The molecule has 12 aromatic rings. The van der Waals surface area contributed by atoms with E-state index in [0.717, 1.165) is 55.3 Å².